The zero-order valence-corrected chi connectivity index (χ0v) is 13.4. The lowest BCUT2D eigenvalue weighted by atomic mass is 9.94. The van der Waals surface area contributed by atoms with Crippen molar-refractivity contribution in [1.29, 1.82) is 0 Å². The second-order valence-electron chi connectivity index (χ2n) is 5.89. The normalized spacial score (nSPS) is 15.8. The molecule has 4 nitrogen and oxygen atoms in total. The number of hydrogen-bond acceptors (Lipinski definition) is 3. The van der Waals surface area contributed by atoms with Crippen LogP contribution in [0.2, 0.25) is 5.02 Å². The highest BCUT2D eigenvalue weighted by atomic mass is 35.5. The second kappa shape index (κ2) is 4.92. The molecule has 2 aromatic rings. The molecule has 1 amide bonds. The molecule has 114 valence electrons. The fraction of sp³-hybridized carbons (Fsp3) is 0.235. The van der Waals surface area contributed by atoms with Gasteiger partial charge in [0.2, 0.25) is 0 Å². The molecule has 0 unspecified atom stereocenters. The number of anilines is 1. The van der Waals surface area contributed by atoms with Crippen LogP contribution in [0, 0.1) is 0 Å². The minimum absolute atomic E-state index is 0.0535. The first-order valence-corrected chi connectivity index (χ1v) is 7.34. The van der Waals surface area contributed by atoms with Gasteiger partial charge in [0.1, 0.15) is 11.5 Å². The van der Waals surface area contributed by atoms with Gasteiger partial charge in [0.05, 0.1) is 16.1 Å². The number of carbonyl (C=O) groups excluding carboxylic acids is 1. The molecule has 0 fully saturated rings. The number of ether oxygens (including phenoxy) is 1. The molecule has 3 rings (SSSR count). The zero-order valence-electron chi connectivity index (χ0n) is 12.7. The number of benzene rings is 2. The van der Waals surface area contributed by atoms with E-state index in [9.17, 15) is 4.79 Å². The van der Waals surface area contributed by atoms with Crippen molar-refractivity contribution < 1.29 is 9.53 Å². The number of nitrogens with zero attached hydrogens (tertiary/aromatic N) is 1. The lowest BCUT2D eigenvalue weighted by Crippen LogP contribution is -2.35. The Kier molecular flexibility index (Phi) is 3.29. The van der Waals surface area contributed by atoms with Gasteiger partial charge in [-0.15, -0.1) is 0 Å². The lowest BCUT2D eigenvalue weighted by molar-refractivity contribution is 0.0690. The van der Waals surface area contributed by atoms with Crippen LogP contribution in [0.1, 0.15) is 29.8 Å². The van der Waals surface area contributed by atoms with E-state index in [0.29, 0.717) is 27.8 Å². The van der Waals surface area contributed by atoms with Crippen LogP contribution >= 0.6 is 11.6 Å². The Morgan fingerprint density at radius 2 is 1.91 bits per heavy atom. The van der Waals surface area contributed by atoms with Crippen LogP contribution in [-0.2, 0) is 5.54 Å². The largest absolute Gasteiger partial charge is 0.455 e. The summed E-state index contributed by atoms with van der Waals surface area (Å²) in [7, 11) is 1.79. The third kappa shape index (κ3) is 2.11. The predicted molar refractivity (Wildman–Crippen MR) is 87.5 cm³/mol. The summed E-state index contributed by atoms with van der Waals surface area (Å²) in [6.07, 6.45) is 0. The maximum Gasteiger partial charge on any atom is 0.258 e. The third-order valence-electron chi connectivity index (χ3n) is 4.22. The Morgan fingerprint density at radius 3 is 2.59 bits per heavy atom. The van der Waals surface area contributed by atoms with Crippen LogP contribution in [0.15, 0.2) is 36.4 Å². The summed E-state index contributed by atoms with van der Waals surface area (Å²) in [4.78, 5) is 14.3. The molecule has 0 atom stereocenters. The van der Waals surface area contributed by atoms with Crippen LogP contribution in [-0.4, -0.2) is 17.9 Å². The van der Waals surface area contributed by atoms with Gasteiger partial charge in [-0.1, -0.05) is 23.7 Å². The maximum atomic E-state index is 12.6. The SMILES string of the molecule is CN1C(=O)c2c(Oc3ccc(N)cc3Cl)cccc2C1(C)C. The van der Waals surface area contributed by atoms with Gasteiger partial charge in [0, 0.05) is 12.7 Å². The van der Waals surface area contributed by atoms with E-state index in [1.165, 1.54) is 0 Å². The highest BCUT2D eigenvalue weighted by Crippen LogP contribution is 2.43. The molecule has 0 saturated heterocycles. The minimum Gasteiger partial charge on any atom is -0.455 e. The van der Waals surface area contributed by atoms with E-state index in [0.717, 1.165) is 5.56 Å². The summed E-state index contributed by atoms with van der Waals surface area (Å²) < 4.78 is 5.88. The van der Waals surface area contributed by atoms with Gasteiger partial charge in [0.15, 0.2) is 0 Å². The van der Waals surface area contributed by atoms with Crippen LogP contribution in [0.3, 0.4) is 0 Å². The number of amides is 1. The van der Waals surface area contributed by atoms with Gasteiger partial charge in [-0.2, -0.15) is 0 Å². The number of halogens is 1. The van der Waals surface area contributed by atoms with Crippen LogP contribution in [0.4, 0.5) is 5.69 Å². The molecule has 2 N–H and O–H groups in total. The first-order valence-electron chi connectivity index (χ1n) is 6.97. The molecule has 0 bridgehead atoms. The molecule has 1 aliphatic rings. The summed E-state index contributed by atoms with van der Waals surface area (Å²) >= 11 is 6.15. The Balaban J connectivity index is 2.08. The van der Waals surface area contributed by atoms with Gasteiger partial charge in [0.25, 0.3) is 5.91 Å². The van der Waals surface area contributed by atoms with E-state index in [1.54, 1.807) is 36.2 Å². The fourth-order valence-corrected chi connectivity index (χ4v) is 2.89. The monoisotopic (exact) mass is 316 g/mol. The average Bonchev–Trinajstić information content (AvgIpc) is 2.64. The van der Waals surface area contributed by atoms with Crippen LogP contribution < -0.4 is 10.5 Å². The predicted octanol–water partition coefficient (Wildman–Crippen LogP) is 4.04. The molecule has 0 saturated carbocycles. The minimum atomic E-state index is -0.364. The van der Waals surface area contributed by atoms with Crippen molar-refractivity contribution in [3.8, 4) is 11.5 Å². The van der Waals surface area contributed by atoms with Crippen molar-refractivity contribution in [2.24, 2.45) is 0 Å². The first-order chi connectivity index (χ1) is 10.3. The molecule has 1 aliphatic heterocycles. The van der Waals surface area contributed by atoms with Gasteiger partial charge in [-0.05, 0) is 43.7 Å². The molecule has 22 heavy (non-hydrogen) atoms. The standard InChI is InChI=1S/C17H17ClN2O2/c1-17(2)11-5-4-6-14(15(11)16(21)20(17)3)22-13-8-7-10(19)9-12(13)18/h4-9H,19H2,1-3H3. The number of fused-ring (bicyclic) bond motifs is 1. The molecule has 0 aromatic heterocycles. The number of carbonyl (C=O) groups is 1. The highest BCUT2D eigenvalue weighted by molar-refractivity contribution is 6.32. The van der Waals surface area contributed by atoms with Crippen molar-refractivity contribution in [3.63, 3.8) is 0 Å². The Morgan fingerprint density at radius 1 is 1.18 bits per heavy atom. The van der Waals surface area contributed by atoms with Gasteiger partial charge in [-0.3, -0.25) is 4.79 Å². The highest BCUT2D eigenvalue weighted by Gasteiger charge is 2.42. The smallest absolute Gasteiger partial charge is 0.258 e. The Bertz CT molecular complexity index is 771. The summed E-state index contributed by atoms with van der Waals surface area (Å²) in [5.41, 5.74) is 7.42. The molecule has 0 spiro atoms. The average molecular weight is 317 g/mol. The fourth-order valence-electron chi connectivity index (χ4n) is 2.67. The molecule has 5 heteroatoms. The summed E-state index contributed by atoms with van der Waals surface area (Å²) in [6, 6.07) is 10.6. The van der Waals surface area contributed by atoms with Crippen molar-refractivity contribution in [2.75, 3.05) is 12.8 Å². The molecule has 2 aromatic carbocycles. The molecule has 1 heterocycles. The molecule has 0 aliphatic carbocycles. The van der Waals surface area contributed by atoms with Crippen molar-refractivity contribution in [1.82, 2.24) is 4.90 Å². The second-order valence-corrected chi connectivity index (χ2v) is 6.30. The van der Waals surface area contributed by atoms with Crippen molar-refractivity contribution in [3.05, 3.63) is 52.5 Å². The maximum absolute atomic E-state index is 12.6. The van der Waals surface area contributed by atoms with E-state index in [2.05, 4.69) is 0 Å². The Labute approximate surface area is 134 Å². The first kappa shape index (κ1) is 14.7. The van der Waals surface area contributed by atoms with Gasteiger partial charge < -0.3 is 15.4 Å². The lowest BCUT2D eigenvalue weighted by Gasteiger charge is -2.28. The quantitative estimate of drug-likeness (QED) is 0.851. The van der Waals surface area contributed by atoms with Crippen molar-refractivity contribution >= 4 is 23.2 Å². The summed E-state index contributed by atoms with van der Waals surface area (Å²) in [6.45, 7) is 4.02. The number of hydrogen-bond donors (Lipinski definition) is 1. The van der Waals surface area contributed by atoms with E-state index in [4.69, 9.17) is 22.1 Å². The van der Waals surface area contributed by atoms with E-state index < -0.39 is 0 Å². The molecular formula is C17H17ClN2O2. The molecular weight excluding hydrogens is 300 g/mol. The van der Waals surface area contributed by atoms with Crippen molar-refractivity contribution in [2.45, 2.75) is 19.4 Å². The van der Waals surface area contributed by atoms with E-state index >= 15 is 0 Å². The van der Waals surface area contributed by atoms with Gasteiger partial charge >= 0.3 is 0 Å². The Hall–Kier alpha value is -2.20. The topological polar surface area (TPSA) is 55.6 Å². The number of rotatable bonds is 2. The van der Waals surface area contributed by atoms with Gasteiger partial charge in [-0.25, -0.2) is 0 Å². The summed E-state index contributed by atoms with van der Waals surface area (Å²) in [5.74, 6) is 0.929. The van der Waals surface area contributed by atoms with E-state index in [1.807, 2.05) is 26.0 Å². The third-order valence-corrected chi connectivity index (χ3v) is 4.51. The zero-order chi connectivity index (χ0) is 16.1. The van der Waals surface area contributed by atoms with Crippen LogP contribution in [0.25, 0.3) is 0 Å². The van der Waals surface area contributed by atoms with E-state index in [-0.39, 0.29) is 11.4 Å². The summed E-state index contributed by atoms with van der Waals surface area (Å²) in [5, 5.41) is 0.413. The van der Waals surface area contributed by atoms with Crippen LogP contribution in [0.5, 0.6) is 11.5 Å². The number of nitrogen functional groups attached to an aromatic ring is 1. The molecule has 0 radical (unpaired) electrons. The number of nitrogens with two attached hydrogens (primary N) is 1.